The quantitative estimate of drug-likeness (QED) is 0.124. The molecular formula is C16H8N2Na2O8S2. The van der Waals surface area contributed by atoms with Gasteiger partial charge in [0.1, 0.15) is 21.5 Å². The van der Waals surface area contributed by atoms with Crippen LogP contribution in [0.2, 0.25) is 0 Å². The molecule has 0 saturated heterocycles. The van der Waals surface area contributed by atoms with Gasteiger partial charge in [-0.1, -0.05) is 0 Å². The number of H-pyrrole nitrogens is 1. The second-order valence-corrected chi connectivity index (χ2v) is 7.85. The maximum absolute atomic E-state index is 12.7. The molecule has 10 nitrogen and oxygen atoms in total. The van der Waals surface area contributed by atoms with E-state index in [0.717, 1.165) is 12.1 Å². The van der Waals surface area contributed by atoms with Crippen LogP contribution in [0.15, 0.2) is 51.2 Å². The first kappa shape index (κ1) is 25.5. The number of aliphatic imine (C=N–C) groups is 1. The topological polar surface area (TPSA) is 164 Å². The van der Waals surface area contributed by atoms with E-state index in [1.807, 2.05) is 0 Å². The number of ketones is 1. The minimum Gasteiger partial charge on any atom is -0.744 e. The summed E-state index contributed by atoms with van der Waals surface area (Å²) in [5.74, 6) is -0.871. The summed E-state index contributed by atoms with van der Waals surface area (Å²) in [5.41, 5.74) is 0.788. The molecule has 0 radical (unpaired) electrons. The molecule has 3 aromatic rings. The van der Waals surface area contributed by atoms with Crippen LogP contribution < -0.4 is 64.4 Å². The standard InChI is InChI=1S/C16H10N2O8S2.2Na/c19-15-9-3-1-7(27-26-25-21)5-12(9)18-13(15)14-16(20)10-6-8(28(22,23)24)2-4-11(10)17-14;;/h1-6,17,20-21H,(H,22,23,24);;/q;2*+1/p-2. The van der Waals surface area contributed by atoms with Crippen molar-refractivity contribution < 1.29 is 96.6 Å². The first-order valence-corrected chi connectivity index (χ1v) is 9.66. The fourth-order valence-electron chi connectivity index (χ4n) is 2.85. The maximum Gasteiger partial charge on any atom is 1.00 e. The number of aromatic amines is 1. The summed E-state index contributed by atoms with van der Waals surface area (Å²) in [6, 6.07) is 7.92. The molecule has 0 fully saturated rings. The number of carbonyl (C=O) groups excluding carboxylic acids is 1. The first-order valence-electron chi connectivity index (χ1n) is 7.51. The van der Waals surface area contributed by atoms with E-state index in [1.165, 1.54) is 24.3 Å². The molecule has 1 aliphatic heterocycles. The van der Waals surface area contributed by atoms with E-state index in [2.05, 4.69) is 19.3 Å². The molecule has 14 heteroatoms. The van der Waals surface area contributed by atoms with Gasteiger partial charge in [0.05, 0.1) is 28.2 Å². The molecule has 0 bridgehead atoms. The third-order valence-corrected chi connectivity index (χ3v) is 5.49. The van der Waals surface area contributed by atoms with Crippen LogP contribution in [-0.2, 0) is 19.5 Å². The molecule has 0 spiro atoms. The number of aromatic nitrogens is 1. The van der Waals surface area contributed by atoms with E-state index < -0.39 is 26.5 Å². The fraction of sp³-hybridized carbons (Fsp3) is 0. The maximum atomic E-state index is 12.7. The molecule has 0 aliphatic carbocycles. The molecule has 0 saturated carbocycles. The largest absolute Gasteiger partial charge is 1.00 e. The third-order valence-electron chi connectivity index (χ3n) is 4.09. The monoisotopic (exact) mass is 466 g/mol. The van der Waals surface area contributed by atoms with Gasteiger partial charge in [0.2, 0.25) is 5.78 Å². The Morgan fingerprint density at radius 1 is 1.13 bits per heavy atom. The average Bonchev–Trinajstić information content (AvgIpc) is 3.16. The zero-order valence-electron chi connectivity index (χ0n) is 15.5. The molecule has 2 aromatic carbocycles. The molecule has 2 heterocycles. The number of fused-ring (bicyclic) bond motifs is 2. The van der Waals surface area contributed by atoms with Gasteiger partial charge in [0.15, 0.2) is 5.75 Å². The number of aromatic hydroxyl groups is 1. The fourth-order valence-corrected chi connectivity index (χ4v) is 3.74. The second kappa shape index (κ2) is 9.81. The molecule has 30 heavy (non-hydrogen) atoms. The summed E-state index contributed by atoms with van der Waals surface area (Å²) in [4.78, 5) is 19.6. The van der Waals surface area contributed by atoms with E-state index in [4.69, 9.17) is 0 Å². The zero-order chi connectivity index (χ0) is 20.1. The van der Waals surface area contributed by atoms with Crippen LogP contribution in [-0.4, -0.2) is 34.6 Å². The third kappa shape index (κ3) is 4.70. The summed E-state index contributed by atoms with van der Waals surface area (Å²) in [6.45, 7) is 0. The predicted molar refractivity (Wildman–Crippen MR) is 92.9 cm³/mol. The van der Waals surface area contributed by atoms with Gasteiger partial charge in [-0.2, -0.15) is 4.33 Å². The summed E-state index contributed by atoms with van der Waals surface area (Å²) in [7, 11) is -4.71. The molecule has 2 N–H and O–H groups in total. The minimum absolute atomic E-state index is 0. The molecular weight excluding hydrogens is 458 g/mol. The Hall–Kier alpha value is -0.740. The SMILES string of the molecule is O=C1C(c2[nH]c3ccc(S(=O)(=O)[O-])cc3c2O)=Nc2cc(SOO[O-])ccc21.[Na+].[Na+]. The number of hydrogen-bond acceptors (Lipinski definition) is 10. The Bertz CT molecular complexity index is 1270. The average molecular weight is 466 g/mol. The number of carbonyl (C=O) groups is 1. The summed E-state index contributed by atoms with van der Waals surface area (Å²) in [5, 5.41) is 23.7. The smallest absolute Gasteiger partial charge is 0.744 e. The van der Waals surface area contributed by atoms with Crippen molar-refractivity contribution in [2.45, 2.75) is 9.79 Å². The van der Waals surface area contributed by atoms with Crippen LogP contribution >= 0.6 is 12.0 Å². The van der Waals surface area contributed by atoms with Gasteiger partial charge in [-0.25, -0.2) is 13.4 Å². The van der Waals surface area contributed by atoms with Crippen molar-refractivity contribution in [2.75, 3.05) is 0 Å². The molecule has 144 valence electrons. The van der Waals surface area contributed by atoms with Crippen molar-refractivity contribution in [3.63, 3.8) is 0 Å². The van der Waals surface area contributed by atoms with Crippen LogP contribution in [0.25, 0.3) is 10.9 Å². The number of rotatable bonds is 5. The summed E-state index contributed by atoms with van der Waals surface area (Å²) in [6.07, 6.45) is 0. The predicted octanol–water partition coefficient (Wildman–Crippen LogP) is -4.67. The summed E-state index contributed by atoms with van der Waals surface area (Å²) >= 11 is 0.637. The Kier molecular flexibility index (Phi) is 8.35. The van der Waals surface area contributed by atoms with Gasteiger partial charge < -0.3 is 19.9 Å². The van der Waals surface area contributed by atoms with Crippen molar-refractivity contribution in [1.82, 2.24) is 4.98 Å². The van der Waals surface area contributed by atoms with Gasteiger partial charge in [0, 0.05) is 15.8 Å². The van der Waals surface area contributed by atoms with Crippen LogP contribution in [0.1, 0.15) is 16.1 Å². The number of nitrogens with zero attached hydrogens (tertiary/aromatic N) is 1. The second-order valence-electron chi connectivity index (χ2n) is 5.70. The van der Waals surface area contributed by atoms with Gasteiger partial charge in [0.25, 0.3) is 0 Å². The van der Waals surface area contributed by atoms with Gasteiger partial charge in [-0.15, -0.1) is 0 Å². The number of hydrogen-bond donors (Lipinski definition) is 2. The number of benzene rings is 2. The van der Waals surface area contributed by atoms with E-state index in [0.29, 0.717) is 28.1 Å². The Balaban J connectivity index is 0.00000160. The van der Waals surface area contributed by atoms with Crippen molar-refractivity contribution in [3.05, 3.63) is 47.7 Å². The Morgan fingerprint density at radius 3 is 2.53 bits per heavy atom. The van der Waals surface area contributed by atoms with Crippen molar-refractivity contribution >= 4 is 50.2 Å². The molecule has 4 rings (SSSR count). The summed E-state index contributed by atoms with van der Waals surface area (Å²) < 4.78 is 37.8. The Morgan fingerprint density at radius 2 is 1.87 bits per heavy atom. The van der Waals surface area contributed by atoms with Crippen molar-refractivity contribution in [3.8, 4) is 5.75 Å². The molecule has 0 atom stereocenters. The van der Waals surface area contributed by atoms with Gasteiger partial charge >= 0.3 is 59.1 Å². The van der Waals surface area contributed by atoms with Gasteiger partial charge in [-0.05, 0) is 36.4 Å². The molecule has 1 aliphatic rings. The van der Waals surface area contributed by atoms with Crippen molar-refractivity contribution in [2.24, 2.45) is 4.99 Å². The van der Waals surface area contributed by atoms with Gasteiger partial charge in [-0.3, -0.25) is 9.83 Å². The Labute approximate surface area is 218 Å². The van der Waals surface area contributed by atoms with E-state index in [9.17, 15) is 28.1 Å². The van der Waals surface area contributed by atoms with E-state index >= 15 is 0 Å². The minimum atomic E-state index is -4.71. The van der Waals surface area contributed by atoms with E-state index in [1.54, 1.807) is 0 Å². The normalized spacial score (nSPS) is 12.9. The van der Waals surface area contributed by atoms with Crippen LogP contribution in [0.4, 0.5) is 5.69 Å². The van der Waals surface area contributed by atoms with Crippen LogP contribution in [0, 0.1) is 0 Å². The zero-order valence-corrected chi connectivity index (χ0v) is 21.2. The molecule has 0 amide bonds. The molecule has 1 aromatic heterocycles. The van der Waals surface area contributed by atoms with Crippen molar-refractivity contribution in [1.29, 1.82) is 0 Å². The van der Waals surface area contributed by atoms with E-state index in [-0.39, 0.29) is 81.5 Å². The van der Waals surface area contributed by atoms with Crippen LogP contribution in [0.5, 0.6) is 5.75 Å². The number of nitrogens with one attached hydrogen (secondary N) is 1. The first-order chi connectivity index (χ1) is 13.3. The van der Waals surface area contributed by atoms with Crippen LogP contribution in [0.3, 0.4) is 0 Å². The number of Topliss-reactive ketones (excluding diaryl/α,β-unsaturated/α-hetero) is 1. The molecule has 0 unspecified atom stereocenters.